The zero-order valence-electron chi connectivity index (χ0n) is 10.2. The maximum Gasteiger partial charge on any atom is 0.339 e. The molecule has 1 aliphatic rings. The lowest BCUT2D eigenvalue weighted by molar-refractivity contribution is -0.121. The van der Waals surface area contributed by atoms with Gasteiger partial charge in [-0.1, -0.05) is 0 Å². The van der Waals surface area contributed by atoms with E-state index in [2.05, 4.69) is 5.32 Å². The first kappa shape index (κ1) is 13.3. The third-order valence-corrected chi connectivity index (χ3v) is 2.70. The standard InChI is InChI=1S/C13H14FNO4/c14-8-1-4-10(13(17)18)11(7-8)19-6-5-12(16)15-9-2-3-9/h1,4,7,9H,2-3,5-6H2,(H,15,16)(H,17,18). The molecule has 1 aliphatic carbocycles. The first-order chi connectivity index (χ1) is 9.06. The molecule has 1 aromatic carbocycles. The first-order valence-electron chi connectivity index (χ1n) is 6.01. The van der Waals surface area contributed by atoms with E-state index in [0.29, 0.717) is 0 Å². The number of amides is 1. The summed E-state index contributed by atoms with van der Waals surface area (Å²) in [7, 11) is 0. The van der Waals surface area contributed by atoms with Gasteiger partial charge in [-0.25, -0.2) is 9.18 Å². The minimum Gasteiger partial charge on any atom is -0.492 e. The number of carboxylic acids is 1. The second-order valence-corrected chi connectivity index (χ2v) is 4.39. The maximum atomic E-state index is 13.0. The summed E-state index contributed by atoms with van der Waals surface area (Å²) >= 11 is 0. The Balaban J connectivity index is 1.88. The second-order valence-electron chi connectivity index (χ2n) is 4.39. The van der Waals surface area contributed by atoms with Gasteiger partial charge in [0.05, 0.1) is 13.0 Å². The molecule has 6 heteroatoms. The molecular weight excluding hydrogens is 253 g/mol. The summed E-state index contributed by atoms with van der Waals surface area (Å²) in [5, 5.41) is 11.7. The molecule has 1 aromatic rings. The molecule has 19 heavy (non-hydrogen) atoms. The Kier molecular flexibility index (Phi) is 3.99. The molecule has 2 rings (SSSR count). The second kappa shape index (κ2) is 5.69. The van der Waals surface area contributed by atoms with Crippen molar-refractivity contribution in [3.05, 3.63) is 29.6 Å². The summed E-state index contributed by atoms with van der Waals surface area (Å²) < 4.78 is 18.2. The van der Waals surface area contributed by atoms with Gasteiger partial charge in [-0.3, -0.25) is 4.79 Å². The van der Waals surface area contributed by atoms with Crippen LogP contribution in [0.2, 0.25) is 0 Å². The SMILES string of the molecule is O=C(CCOc1cc(F)ccc1C(=O)O)NC1CC1. The maximum absolute atomic E-state index is 13.0. The van der Waals surface area contributed by atoms with Gasteiger partial charge >= 0.3 is 5.97 Å². The van der Waals surface area contributed by atoms with Gasteiger partial charge in [0.25, 0.3) is 0 Å². The highest BCUT2D eigenvalue weighted by atomic mass is 19.1. The zero-order valence-corrected chi connectivity index (χ0v) is 10.2. The fourth-order valence-electron chi connectivity index (χ4n) is 1.57. The average molecular weight is 267 g/mol. The van der Waals surface area contributed by atoms with Gasteiger partial charge in [-0.2, -0.15) is 0 Å². The van der Waals surface area contributed by atoms with E-state index in [1.165, 1.54) is 0 Å². The lowest BCUT2D eigenvalue weighted by Crippen LogP contribution is -2.26. The third kappa shape index (κ3) is 3.94. The van der Waals surface area contributed by atoms with Crippen LogP contribution in [0.5, 0.6) is 5.75 Å². The van der Waals surface area contributed by atoms with Gasteiger partial charge in [0.15, 0.2) is 0 Å². The molecule has 5 nitrogen and oxygen atoms in total. The van der Waals surface area contributed by atoms with E-state index in [4.69, 9.17) is 9.84 Å². The Bertz CT molecular complexity index is 499. The van der Waals surface area contributed by atoms with Gasteiger partial charge in [-0.15, -0.1) is 0 Å². The Hall–Kier alpha value is -2.11. The van der Waals surface area contributed by atoms with Crippen LogP contribution in [-0.2, 0) is 4.79 Å². The minimum absolute atomic E-state index is 0.0162. The van der Waals surface area contributed by atoms with Crippen LogP contribution in [0.3, 0.4) is 0 Å². The van der Waals surface area contributed by atoms with Gasteiger partial charge in [0.2, 0.25) is 5.91 Å². The van der Waals surface area contributed by atoms with Crippen LogP contribution in [0.25, 0.3) is 0 Å². The summed E-state index contributed by atoms with van der Waals surface area (Å²) in [4.78, 5) is 22.3. The lowest BCUT2D eigenvalue weighted by atomic mass is 10.2. The summed E-state index contributed by atoms with van der Waals surface area (Å²) in [6.45, 7) is 0.0162. The Morgan fingerprint density at radius 1 is 1.42 bits per heavy atom. The number of halogens is 1. The number of nitrogens with one attached hydrogen (secondary N) is 1. The summed E-state index contributed by atoms with van der Waals surface area (Å²) in [5.74, 6) is -1.98. The molecule has 0 bridgehead atoms. The number of ether oxygens (including phenoxy) is 1. The minimum atomic E-state index is -1.20. The number of aromatic carboxylic acids is 1. The quantitative estimate of drug-likeness (QED) is 0.820. The topological polar surface area (TPSA) is 75.6 Å². The molecule has 1 saturated carbocycles. The molecule has 0 saturated heterocycles. The predicted octanol–water partition coefficient (Wildman–Crippen LogP) is 1.57. The molecule has 2 N–H and O–H groups in total. The fourth-order valence-corrected chi connectivity index (χ4v) is 1.57. The summed E-state index contributed by atoms with van der Waals surface area (Å²) in [5.41, 5.74) is -0.121. The number of hydrogen-bond acceptors (Lipinski definition) is 3. The van der Waals surface area contributed by atoms with Gasteiger partial charge < -0.3 is 15.2 Å². The zero-order chi connectivity index (χ0) is 13.8. The lowest BCUT2D eigenvalue weighted by Gasteiger charge is -2.09. The van der Waals surface area contributed by atoms with Crippen molar-refractivity contribution in [1.29, 1.82) is 0 Å². The number of carbonyl (C=O) groups excluding carboxylic acids is 1. The molecule has 0 unspecified atom stereocenters. The Labute approximate surface area is 109 Å². The molecule has 102 valence electrons. The van der Waals surface area contributed by atoms with E-state index in [-0.39, 0.29) is 36.3 Å². The monoisotopic (exact) mass is 267 g/mol. The highest BCUT2D eigenvalue weighted by Gasteiger charge is 2.23. The Morgan fingerprint density at radius 3 is 2.79 bits per heavy atom. The third-order valence-electron chi connectivity index (χ3n) is 2.70. The van der Waals surface area contributed by atoms with E-state index in [9.17, 15) is 14.0 Å². The van der Waals surface area contributed by atoms with Crippen molar-refractivity contribution in [1.82, 2.24) is 5.32 Å². The molecule has 0 radical (unpaired) electrons. The van der Waals surface area contributed by atoms with E-state index in [1.807, 2.05) is 0 Å². The van der Waals surface area contributed by atoms with Crippen LogP contribution in [0, 0.1) is 5.82 Å². The van der Waals surface area contributed by atoms with Crippen LogP contribution < -0.4 is 10.1 Å². The van der Waals surface area contributed by atoms with E-state index in [1.54, 1.807) is 0 Å². The van der Waals surface area contributed by atoms with Crippen LogP contribution in [0.1, 0.15) is 29.6 Å². The smallest absolute Gasteiger partial charge is 0.339 e. The van der Waals surface area contributed by atoms with Crippen molar-refractivity contribution in [2.24, 2.45) is 0 Å². The highest BCUT2D eigenvalue weighted by Crippen LogP contribution is 2.21. The fraction of sp³-hybridized carbons (Fsp3) is 0.385. The molecule has 0 heterocycles. The van der Waals surface area contributed by atoms with Crippen molar-refractivity contribution in [3.63, 3.8) is 0 Å². The van der Waals surface area contributed by atoms with Gasteiger partial charge in [0.1, 0.15) is 17.1 Å². The van der Waals surface area contributed by atoms with Gasteiger partial charge in [0, 0.05) is 12.1 Å². The normalized spacial score (nSPS) is 13.9. The number of carbonyl (C=O) groups is 2. The van der Waals surface area contributed by atoms with Gasteiger partial charge in [-0.05, 0) is 25.0 Å². The van der Waals surface area contributed by atoms with E-state index < -0.39 is 11.8 Å². The van der Waals surface area contributed by atoms with Crippen molar-refractivity contribution >= 4 is 11.9 Å². The summed E-state index contributed by atoms with van der Waals surface area (Å²) in [6.07, 6.45) is 2.12. The van der Waals surface area contributed by atoms with Crippen molar-refractivity contribution < 1.29 is 23.8 Å². The summed E-state index contributed by atoms with van der Waals surface area (Å²) in [6, 6.07) is 3.46. The number of benzene rings is 1. The van der Waals surface area contributed by atoms with E-state index >= 15 is 0 Å². The molecule has 1 fully saturated rings. The molecule has 0 aromatic heterocycles. The van der Waals surface area contributed by atoms with Crippen LogP contribution in [0.15, 0.2) is 18.2 Å². The number of hydrogen-bond donors (Lipinski definition) is 2. The largest absolute Gasteiger partial charge is 0.492 e. The van der Waals surface area contributed by atoms with Crippen LogP contribution in [0.4, 0.5) is 4.39 Å². The predicted molar refractivity (Wildman–Crippen MR) is 64.6 cm³/mol. The molecular formula is C13H14FNO4. The van der Waals surface area contributed by atoms with E-state index in [0.717, 1.165) is 31.0 Å². The molecule has 0 spiro atoms. The van der Waals surface area contributed by atoms with Crippen LogP contribution in [-0.4, -0.2) is 29.6 Å². The van der Waals surface area contributed by atoms with Crippen LogP contribution >= 0.6 is 0 Å². The highest BCUT2D eigenvalue weighted by molar-refractivity contribution is 5.90. The first-order valence-corrected chi connectivity index (χ1v) is 6.01. The average Bonchev–Trinajstić information content (AvgIpc) is 3.12. The van der Waals surface area contributed by atoms with Crippen molar-refractivity contribution in [2.45, 2.75) is 25.3 Å². The molecule has 0 aliphatic heterocycles. The van der Waals surface area contributed by atoms with Crippen molar-refractivity contribution in [3.8, 4) is 5.75 Å². The number of carboxylic acid groups (broad SMARTS) is 1. The molecule has 0 atom stereocenters. The van der Waals surface area contributed by atoms with Crippen molar-refractivity contribution in [2.75, 3.05) is 6.61 Å². The number of rotatable bonds is 6. The molecule has 1 amide bonds. The Morgan fingerprint density at radius 2 is 2.16 bits per heavy atom.